The second kappa shape index (κ2) is 7.52. The van der Waals surface area contributed by atoms with Crippen LogP contribution in [0.3, 0.4) is 0 Å². The minimum absolute atomic E-state index is 0.128. The van der Waals surface area contributed by atoms with Crippen molar-refractivity contribution in [3.63, 3.8) is 0 Å². The first kappa shape index (κ1) is 15.9. The van der Waals surface area contributed by atoms with Crippen molar-refractivity contribution < 1.29 is 19.0 Å². The number of nitrogens with zero attached hydrogens (tertiary/aromatic N) is 1. The number of aliphatic hydroxyl groups is 1. The van der Waals surface area contributed by atoms with Gasteiger partial charge < -0.3 is 14.7 Å². The molecule has 0 atom stereocenters. The molecule has 2 rings (SSSR count). The number of aliphatic hydroxyl groups excluding tert-OH is 1. The highest BCUT2D eigenvalue weighted by atomic mass is 19.1. The zero-order chi connectivity index (χ0) is 15.2. The molecular formula is C16H22FNO3. The van der Waals surface area contributed by atoms with E-state index in [4.69, 9.17) is 9.84 Å². The molecule has 1 N–H and O–H groups in total. The van der Waals surface area contributed by atoms with Gasteiger partial charge >= 0.3 is 0 Å². The van der Waals surface area contributed by atoms with Crippen LogP contribution in [0.5, 0.6) is 0 Å². The van der Waals surface area contributed by atoms with Gasteiger partial charge in [-0.15, -0.1) is 0 Å². The Kier molecular flexibility index (Phi) is 5.70. The number of ether oxygens (including phenoxy) is 1. The summed E-state index contributed by atoms with van der Waals surface area (Å²) in [4.78, 5) is 14.0. The van der Waals surface area contributed by atoms with E-state index in [9.17, 15) is 9.18 Å². The maximum absolute atomic E-state index is 13.8. The molecule has 0 bridgehead atoms. The predicted octanol–water partition coefficient (Wildman–Crippen LogP) is 2.14. The van der Waals surface area contributed by atoms with E-state index in [1.165, 1.54) is 6.07 Å². The number of likely N-dealkylation sites (tertiary alicyclic amines) is 1. The summed E-state index contributed by atoms with van der Waals surface area (Å²) in [5, 5.41) is 8.72. The molecular weight excluding hydrogens is 273 g/mol. The molecule has 116 valence electrons. The molecule has 1 saturated heterocycles. The molecule has 0 unspecified atom stereocenters. The summed E-state index contributed by atoms with van der Waals surface area (Å²) in [5.74, 6) is -0.711. The summed E-state index contributed by atoms with van der Waals surface area (Å²) >= 11 is 0. The molecule has 1 amide bonds. The van der Waals surface area contributed by atoms with E-state index in [1.807, 2.05) is 6.92 Å². The van der Waals surface area contributed by atoms with Crippen LogP contribution in [0, 0.1) is 12.7 Å². The van der Waals surface area contributed by atoms with Crippen LogP contribution in [0.2, 0.25) is 0 Å². The van der Waals surface area contributed by atoms with Gasteiger partial charge in [-0.3, -0.25) is 4.79 Å². The van der Waals surface area contributed by atoms with Crippen molar-refractivity contribution in [3.8, 4) is 0 Å². The fourth-order valence-electron chi connectivity index (χ4n) is 2.51. The van der Waals surface area contributed by atoms with Gasteiger partial charge in [0.15, 0.2) is 0 Å². The molecule has 1 aliphatic heterocycles. The number of benzene rings is 1. The molecule has 1 heterocycles. The van der Waals surface area contributed by atoms with Gasteiger partial charge in [0.05, 0.1) is 11.7 Å². The van der Waals surface area contributed by atoms with E-state index in [1.54, 1.807) is 17.0 Å². The first-order valence-corrected chi connectivity index (χ1v) is 7.39. The summed E-state index contributed by atoms with van der Waals surface area (Å²) in [7, 11) is 0. The van der Waals surface area contributed by atoms with Crippen molar-refractivity contribution in [1.82, 2.24) is 4.90 Å². The molecule has 0 spiro atoms. The lowest BCUT2D eigenvalue weighted by atomic mass is 10.0. The lowest BCUT2D eigenvalue weighted by molar-refractivity contribution is 0.00388. The molecule has 1 aliphatic rings. The number of aryl methyl sites for hydroxylation is 1. The van der Waals surface area contributed by atoms with Crippen LogP contribution in [0.25, 0.3) is 0 Å². The highest BCUT2D eigenvalue weighted by molar-refractivity contribution is 5.94. The van der Waals surface area contributed by atoms with Gasteiger partial charge in [-0.25, -0.2) is 4.39 Å². The van der Waals surface area contributed by atoms with Crippen molar-refractivity contribution in [2.24, 2.45) is 0 Å². The van der Waals surface area contributed by atoms with Crippen LogP contribution in [0.15, 0.2) is 18.2 Å². The topological polar surface area (TPSA) is 49.8 Å². The number of amides is 1. The van der Waals surface area contributed by atoms with Crippen LogP contribution in [0.1, 0.15) is 35.2 Å². The van der Waals surface area contributed by atoms with Crippen LogP contribution in [-0.4, -0.2) is 48.3 Å². The van der Waals surface area contributed by atoms with Crippen LogP contribution < -0.4 is 0 Å². The van der Waals surface area contributed by atoms with Crippen molar-refractivity contribution >= 4 is 5.91 Å². The third kappa shape index (κ3) is 4.25. The standard InChI is InChI=1S/C16H22FNO3/c1-12-3-4-15(17)14(11-12)16(20)18-7-5-13(6-8-18)21-10-2-9-19/h3-4,11,13,19H,2,5-10H2,1H3. The second-order valence-corrected chi connectivity index (χ2v) is 5.42. The van der Waals surface area contributed by atoms with Gasteiger partial charge in [0.2, 0.25) is 0 Å². The van der Waals surface area contributed by atoms with Crippen LogP contribution in [-0.2, 0) is 4.74 Å². The predicted molar refractivity (Wildman–Crippen MR) is 77.7 cm³/mol. The summed E-state index contributed by atoms with van der Waals surface area (Å²) in [6, 6.07) is 4.60. The Labute approximate surface area is 124 Å². The molecule has 0 saturated carbocycles. The number of piperidine rings is 1. The summed E-state index contributed by atoms with van der Waals surface area (Å²) in [6.45, 7) is 3.68. The van der Waals surface area contributed by atoms with E-state index in [0.717, 1.165) is 18.4 Å². The van der Waals surface area contributed by atoms with E-state index in [2.05, 4.69) is 0 Å². The van der Waals surface area contributed by atoms with E-state index < -0.39 is 5.82 Å². The zero-order valence-corrected chi connectivity index (χ0v) is 12.3. The fourth-order valence-corrected chi connectivity index (χ4v) is 2.51. The van der Waals surface area contributed by atoms with Crippen molar-refractivity contribution in [3.05, 3.63) is 35.1 Å². The maximum atomic E-state index is 13.8. The molecule has 21 heavy (non-hydrogen) atoms. The van der Waals surface area contributed by atoms with Crippen LogP contribution >= 0.6 is 0 Å². The second-order valence-electron chi connectivity index (χ2n) is 5.42. The Balaban J connectivity index is 1.89. The number of hydrogen-bond donors (Lipinski definition) is 1. The van der Waals surface area contributed by atoms with Gasteiger partial charge in [0, 0.05) is 26.3 Å². The van der Waals surface area contributed by atoms with E-state index >= 15 is 0 Å². The third-order valence-electron chi connectivity index (χ3n) is 3.74. The Morgan fingerprint density at radius 3 is 2.81 bits per heavy atom. The fraction of sp³-hybridized carbons (Fsp3) is 0.562. The number of carbonyl (C=O) groups is 1. The minimum Gasteiger partial charge on any atom is -0.396 e. The summed E-state index contributed by atoms with van der Waals surface area (Å²) in [5.41, 5.74) is 1.02. The molecule has 5 heteroatoms. The highest BCUT2D eigenvalue weighted by Gasteiger charge is 2.25. The molecule has 1 aromatic rings. The first-order chi connectivity index (χ1) is 10.1. The van der Waals surface area contributed by atoms with Gasteiger partial charge in [-0.05, 0) is 38.3 Å². The number of halogens is 1. The van der Waals surface area contributed by atoms with Gasteiger partial charge in [-0.2, -0.15) is 0 Å². The third-order valence-corrected chi connectivity index (χ3v) is 3.74. The minimum atomic E-state index is -0.466. The normalized spacial score (nSPS) is 16.2. The largest absolute Gasteiger partial charge is 0.396 e. The van der Waals surface area contributed by atoms with E-state index in [-0.39, 0.29) is 24.2 Å². The Morgan fingerprint density at radius 2 is 2.14 bits per heavy atom. The molecule has 0 aliphatic carbocycles. The molecule has 1 aromatic carbocycles. The molecule has 0 radical (unpaired) electrons. The quantitative estimate of drug-likeness (QED) is 0.847. The average Bonchev–Trinajstić information content (AvgIpc) is 2.50. The van der Waals surface area contributed by atoms with Crippen LogP contribution in [0.4, 0.5) is 4.39 Å². The van der Waals surface area contributed by atoms with Gasteiger partial charge in [-0.1, -0.05) is 11.6 Å². The number of hydrogen-bond acceptors (Lipinski definition) is 3. The monoisotopic (exact) mass is 295 g/mol. The average molecular weight is 295 g/mol. The number of carbonyl (C=O) groups excluding carboxylic acids is 1. The maximum Gasteiger partial charge on any atom is 0.256 e. The van der Waals surface area contributed by atoms with E-state index in [0.29, 0.717) is 26.1 Å². The smallest absolute Gasteiger partial charge is 0.256 e. The first-order valence-electron chi connectivity index (χ1n) is 7.39. The van der Waals surface area contributed by atoms with Crippen molar-refractivity contribution in [2.45, 2.75) is 32.3 Å². The SMILES string of the molecule is Cc1ccc(F)c(C(=O)N2CCC(OCCCO)CC2)c1. The zero-order valence-electron chi connectivity index (χ0n) is 12.3. The Bertz CT molecular complexity index is 484. The molecule has 0 aromatic heterocycles. The lowest BCUT2D eigenvalue weighted by Gasteiger charge is -2.32. The highest BCUT2D eigenvalue weighted by Crippen LogP contribution is 2.18. The van der Waals surface area contributed by atoms with Gasteiger partial charge in [0.25, 0.3) is 5.91 Å². The summed E-state index contributed by atoms with van der Waals surface area (Å²) < 4.78 is 19.4. The number of rotatable bonds is 5. The van der Waals surface area contributed by atoms with Crippen molar-refractivity contribution in [1.29, 1.82) is 0 Å². The summed E-state index contributed by atoms with van der Waals surface area (Å²) in [6.07, 6.45) is 2.27. The van der Waals surface area contributed by atoms with Gasteiger partial charge in [0.1, 0.15) is 5.82 Å². The molecule has 1 fully saturated rings. The molecule has 4 nitrogen and oxygen atoms in total. The van der Waals surface area contributed by atoms with Crippen molar-refractivity contribution in [2.75, 3.05) is 26.3 Å². The Morgan fingerprint density at radius 1 is 1.43 bits per heavy atom. The lowest BCUT2D eigenvalue weighted by Crippen LogP contribution is -2.41. The Hall–Kier alpha value is -1.46.